The third-order valence-electron chi connectivity index (χ3n) is 3.67. The van der Waals surface area contributed by atoms with Gasteiger partial charge >= 0.3 is 0 Å². The van der Waals surface area contributed by atoms with Gasteiger partial charge < -0.3 is 20.4 Å². The highest BCUT2D eigenvalue weighted by molar-refractivity contribution is 7.80. The molecule has 5 heteroatoms. The average molecular weight is 325 g/mol. The van der Waals surface area contributed by atoms with Gasteiger partial charge in [0, 0.05) is 18.3 Å². The van der Waals surface area contributed by atoms with Gasteiger partial charge in [-0.2, -0.15) is 0 Å². The van der Waals surface area contributed by atoms with Gasteiger partial charge in [0.15, 0.2) is 5.11 Å². The molecule has 2 aromatic carbocycles. The van der Waals surface area contributed by atoms with Crippen molar-refractivity contribution in [2.24, 2.45) is 0 Å². The van der Waals surface area contributed by atoms with Crippen molar-refractivity contribution in [3.63, 3.8) is 0 Å². The zero-order chi connectivity index (χ0) is 16.1. The molecule has 3 rings (SSSR count). The van der Waals surface area contributed by atoms with Gasteiger partial charge in [0.05, 0.1) is 12.8 Å². The van der Waals surface area contributed by atoms with Crippen molar-refractivity contribution in [1.29, 1.82) is 0 Å². The van der Waals surface area contributed by atoms with Crippen molar-refractivity contribution in [3.05, 3.63) is 60.3 Å². The van der Waals surface area contributed by atoms with E-state index in [0.29, 0.717) is 5.11 Å². The van der Waals surface area contributed by atoms with Crippen LogP contribution in [-0.4, -0.2) is 23.8 Å². The number of hydrogen-bond donors (Lipinski definition) is 3. The first-order valence-electron chi connectivity index (χ1n) is 7.50. The van der Waals surface area contributed by atoms with Crippen molar-refractivity contribution in [2.75, 3.05) is 19.0 Å². The zero-order valence-electron chi connectivity index (χ0n) is 12.9. The maximum Gasteiger partial charge on any atom is 0.170 e. The Morgan fingerprint density at radius 1 is 1.17 bits per heavy atom. The lowest BCUT2D eigenvalue weighted by molar-refractivity contribution is 0.417. The van der Waals surface area contributed by atoms with E-state index >= 15 is 0 Å². The van der Waals surface area contributed by atoms with Gasteiger partial charge in [-0.1, -0.05) is 24.3 Å². The zero-order valence-corrected chi connectivity index (χ0v) is 13.7. The number of anilines is 1. The summed E-state index contributed by atoms with van der Waals surface area (Å²) in [6.45, 7) is 0.771. The molecular weight excluding hydrogens is 306 g/mol. The molecule has 0 aliphatic heterocycles. The van der Waals surface area contributed by atoms with E-state index in [2.05, 4.69) is 39.9 Å². The normalized spacial score (nSPS) is 10.5. The highest BCUT2D eigenvalue weighted by Gasteiger charge is 2.03. The Labute approximate surface area is 140 Å². The van der Waals surface area contributed by atoms with Crippen LogP contribution in [0.5, 0.6) is 5.75 Å². The molecular formula is C18H19N3OS. The van der Waals surface area contributed by atoms with Crippen LogP contribution in [0.1, 0.15) is 5.56 Å². The van der Waals surface area contributed by atoms with E-state index in [9.17, 15) is 0 Å². The second-order valence-electron chi connectivity index (χ2n) is 5.23. The minimum atomic E-state index is 0.593. The van der Waals surface area contributed by atoms with Gasteiger partial charge in [0.1, 0.15) is 5.75 Å². The van der Waals surface area contributed by atoms with Crippen LogP contribution in [0.25, 0.3) is 10.9 Å². The van der Waals surface area contributed by atoms with Gasteiger partial charge in [-0.25, -0.2) is 0 Å². The van der Waals surface area contributed by atoms with Crippen LogP contribution in [0.3, 0.4) is 0 Å². The molecule has 0 saturated carbocycles. The van der Waals surface area contributed by atoms with Crippen molar-refractivity contribution >= 4 is 33.9 Å². The summed E-state index contributed by atoms with van der Waals surface area (Å²) in [5.74, 6) is 0.772. The predicted molar refractivity (Wildman–Crippen MR) is 99.2 cm³/mol. The van der Waals surface area contributed by atoms with E-state index in [1.54, 1.807) is 7.11 Å². The lowest BCUT2D eigenvalue weighted by Gasteiger charge is -2.13. The summed E-state index contributed by atoms with van der Waals surface area (Å²) in [5.41, 5.74) is 3.30. The molecule has 0 fully saturated rings. The van der Waals surface area contributed by atoms with Crippen LogP contribution in [0.4, 0.5) is 5.69 Å². The SMILES string of the molecule is COc1ccccc1NC(=S)NCCc1ccc2cc[nH]c2c1. The predicted octanol–water partition coefficient (Wildman–Crippen LogP) is 3.71. The second-order valence-corrected chi connectivity index (χ2v) is 5.64. The number of aromatic nitrogens is 1. The molecule has 0 unspecified atom stereocenters. The average Bonchev–Trinajstić information content (AvgIpc) is 3.03. The number of thiocarbonyl (C=S) groups is 1. The number of aromatic amines is 1. The van der Waals surface area contributed by atoms with E-state index in [4.69, 9.17) is 17.0 Å². The molecule has 118 valence electrons. The summed E-state index contributed by atoms with van der Waals surface area (Å²) < 4.78 is 5.30. The number of hydrogen-bond acceptors (Lipinski definition) is 2. The summed E-state index contributed by atoms with van der Waals surface area (Å²) >= 11 is 5.34. The number of rotatable bonds is 5. The topological polar surface area (TPSA) is 49.1 Å². The smallest absolute Gasteiger partial charge is 0.170 e. The van der Waals surface area contributed by atoms with Crippen LogP contribution in [0.2, 0.25) is 0 Å². The van der Waals surface area contributed by atoms with Gasteiger partial charge in [0.25, 0.3) is 0 Å². The second kappa shape index (κ2) is 7.15. The Balaban J connectivity index is 1.52. The number of ether oxygens (including phenoxy) is 1. The summed E-state index contributed by atoms with van der Waals surface area (Å²) in [6, 6.07) is 16.2. The monoisotopic (exact) mass is 325 g/mol. The van der Waals surface area contributed by atoms with Gasteiger partial charge in [-0.05, 0) is 53.9 Å². The first-order chi connectivity index (χ1) is 11.3. The lowest BCUT2D eigenvalue weighted by Crippen LogP contribution is -2.30. The molecule has 0 radical (unpaired) electrons. The Morgan fingerprint density at radius 3 is 2.91 bits per heavy atom. The van der Waals surface area contributed by atoms with E-state index in [1.165, 1.54) is 10.9 Å². The summed E-state index contributed by atoms with van der Waals surface area (Å²) in [6.07, 6.45) is 2.86. The van der Waals surface area contributed by atoms with Crippen LogP contribution in [-0.2, 0) is 6.42 Å². The number of para-hydroxylation sites is 2. The first kappa shape index (κ1) is 15.4. The molecule has 1 heterocycles. The van der Waals surface area contributed by atoms with Crippen LogP contribution in [0, 0.1) is 0 Å². The first-order valence-corrected chi connectivity index (χ1v) is 7.91. The highest BCUT2D eigenvalue weighted by Crippen LogP contribution is 2.22. The molecule has 0 aliphatic carbocycles. The molecule has 0 spiro atoms. The van der Waals surface area contributed by atoms with Gasteiger partial charge in [-0.3, -0.25) is 0 Å². The van der Waals surface area contributed by atoms with Crippen LogP contribution in [0.15, 0.2) is 54.7 Å². The number of H-pyrrole nitrogens is 1. The Hall–Kier alpha value is -2.53. The van der Waals surface area contributed by atoms with E-state index in [1.807, 2.05) is 30.5 Å². The van der Waals surface area contributed by atoms with E-state index in [0.717, 1.165) is 29.9 Å². The van der Waals surface area contributed by atoms with Crippen LogP contribution >= 0.6 is 12.2 Å². The lowest BCUT2D eigenvalue weighted by atomic mass is 10.1. The largest absolute Gasteiger partial charge is 0.495 e. The van der Waals surface area contributed by atoms with Crippen molar-refractivity contribution in [3.8, 4) is 5.75 Å². The fourth-order valence-electron chi connectivity index (χ4n) is 2.49. The maximum atomic E-state index is 5.34. The minimum absolute atomic E-state index is 0.593. The molecule has 3 aromatic rings. The molecule has 0 aliphatic rings. The number of nitrogens with one attached hydrogen (secondary N) is 3. The fourth-order valence-corrected chi connectivity index (χ4v) is 2.70. The minimum Gasteiger partial charge on any atom is -0.495 e. The van der Waals surface area contributed by atoms with Crippen molar-refractivity contribution < 1.29 is 4.74 Å². The Morgan fingerprint density at radius 2 is 2.04 bits per heavy atom. The number of benzene rings is 2. The summed E-state index contributed by atoms with van der Waals surface area (Å²) in [7, 11) is 1.65. The summed E-state index contributed by atoms with van der Waals surface area (Å²) in [4.78, 5) is 3.23. The molecule has 0 bridgehead atoms. The standard InChI is InChI=1S/C18H19N3OS/c1-22-17-5-3-2-4-15(17)21-18(23)20-10-8-13-6-7-14-9-11-19-16(14)12-13/h2-7,9,11-12,19H,8,10H2,1H3,(H2,20,21,23). The Kier molecular flexibility index (Phi) is 4.78. The number of methoxy groups -OCH3 is 1. The fraction of sp³-hybridized carbons (Fsp3) is 0.167. The molecule has 3 N–H and O–H groups in total. The third kappa shape index (κ3) is 3.81. The van der Waals surface area contributed by atoms with Crippen molar-refractivity contribution in [1.82, 2.24) is 10.3 Å². The van der Waals surface area contributed by atoms with Crippen molar-refractivity contribution in [2.45, 2.75) is 6.42 Å². The van der Waals surface area contributed by atoms with Gasteiger partial charge in [0.2, 0.25) is 0 Å². The molecule has 0 atom stereocenters. The van der Waals surface area contributed by atoms with E-state index < -0.39 is 0 Å². The molecule has 0 amide bonds. The maximum absolute atomic E-state index is 5.34. The molecule has 1 aromatic heterocycles. The molecule has 23 heavy (non-hydrogen) atoms. The summed E-state index contributed by atoms with van der Waals surface area (Å²) in [5, 5.41) is 8.21. The molecule has 0 saturated heterocycles. The molecule has 4 nitrogen and oxygen atoms in total. The highest BCUT2D eigenvalue weighted by atomic mass is 32.1. The Bertz CT molecular complexity index is 813. The van der Waals surface area contributed by atoms with E-state index in [-0.39, 0.29) is 0 Å². The van der Waals surface area contributed by atoms with Crippen LogP contribution < -0.4 is 15.4 Å². The van der Waals surface area contributed by atoms with Gasteiger partial charge in [-0.15, -0.1) is 0 Å². The number of fused-ring (bicyclic) bond motifs is 1. The quantitative estimate of drug-likeness (QED) is 0.626. The third-order valence-corrected chi connectivity index (χ3v) is 3.92.